The Balaban J connectivity index is 1.29. The smallest absolute Gasteiger partial charge is 0.191 e. The minimum absolute atomic E-state index is 0.322. The second-order valence-corrected chi connectivity index (χ2v) is 21.0. The molecule has 0 aromatic rings. The SMILES string of the molecule is CC(CCC[C@@H](C)[C@H]1CC[C@H]2[C@@H]3CCC4CCCC[C@]4(C)[C@H]3CC[C@]12C)CO[Si](C)(C)C(C)(C)C. The predicted molar refractivity (Wildman–Crippen MR) is 155 cm³/mol. The van der Waals surface area contributed by atoms with Gasteiger partial charge >= 0.3 is 0 Å². The van der Waals surface area contributed by atoms with Crippen LogP contribution < -0.4 is 0 Å². The van der Waals surface area contributed by atoms with Crippen molar-refractivity contribution < 1.29 is 4.43 Å². The highest BCUT2D eigenvalue weighted by molar-refractivity contribution is 6.74. The van der Waals surface area contributed by atoms with Gasteiger partial charge in [0.1, 0.15) is 0 Å². The molecular weight excluding hydrogens is 440 g/mol. The van der Waals surface area contributed by atoms with Crippen molar-refractivity contribution in [2.45, 2.75) is 150 Å². The van der Waals surface area contributed by atoms with Gasteiger partial charge in [0.25, 0.3) is 0 Å². The molecule has 0 heterocycles. The van der Waals surface area contributed by atoms with Crippen LogP contribution in [0.2, 0.25) is 18.1 Å². The Morgan fingerprint density at radius 1 is 0.829 bits per heavy atom. The molecule has 0 aromatic carbocycles. The summed E-state index contributed by atoms with van der Waals surface area (Å²) in [7, 11) is -1.61. The quantitative estimate of drug-likeness (QED) is 0.300. The lowest BCUT2D eigenvalue weighted by Gasteiger charge is -2.61. The largest absolute Gasteiger partial charge is 0.417 e. The summed E-state index contributed by atoms with van der Waals surface area (Å²) in [5.41, 5.74) is 1.32. The Hall–Kier alpha value is 0.177. The van der Waals surface area contributed by atoms with Gasteiger partial charge in [-0.3, -0.25) is 0 Å². The van der Waals surface area contributed by atoms with Gasteiger partial charge in [-0.05, 0) is 128 Å². The summed E-state index contributed by atoms with van der Waals surface area (Å²) >= 11 is 0. The third-order valence-corrected chi connectivity index (χ3v) is 17.7. The highest BCUT2D eigenvalue weighted by Gasteiger charge is 2.60. The van der Waals surface area contributed by atoms with E-state index in [2.05, 4.69) is 61.6 Å². The van der Waals surface area contributed by atoms with Gasteiger partial charge in [-0.15, -0.1) is 0 Å². The summed E-state index contributed by atoms with van der Waals surface area (Å²) in [6, 6.07) is 0. The number of rotatable bonds is 8. The van der Waals surface area contributed by atoms with Crippen LogP contribution in [0.4, 0.5) is 0 Å². The first-order valence-electron chi connectivity index (χ1n) is 15.9. The third kappa shape index (κ3) is 5.37. The normalized spacial score (nSPS) is 41.6. The molecule has 4 fully saturated rings. The van der Waals surface area contributed by atoms with Crippen molar-refractivity contribution in [2.24, 2.45) is 52.3 Å². The van der Waals surface area contributed by atoms with Crippen LogP contribution in [0.1, 0.15) is 132 Å². The van der Waals surface area contributed by atoms with Crippen molar-refractivity contribution >= 4 is 8.32 Å². The summed E-state index contributed by atoms with van der Waals surface area (Å²) in [5, 5.41) is 0.322. The van der Waals surface area contributed by atoms with E-state index in [-0.39, 0.29) is 0 Å². The van der Waals surface area contributed by atoms with Crippen molar-refractivity contribution in [3.05, 3.63) is 0 Å². The van der Waals surface area contributed by atoms with E-state index in [1.807, 2.05) is 0 Å². The molecule has 0 aliphatic heterocycles. The fourth-order valence-electron chi connectivity index (χ4n) is 9.91. The van der Waals surface area contributed by atoms with Crippen molar-refractivity contribution in [3.8, 4) is 0 Å². The lowest BCUT2D eigenvalue weighted by molar-refractivity contribution is -0.114. The second-order valence-electron chi connectivity index (χ2n) is 16.2. The average molecular weight is 503 g/mol. The van der Waals surface area contributed by atoms with E-state index in [1.165, 1.54) is 44.9 Å². The first-order chi connectivity index (χ1) is 16.3. The van der Waals surface area contributed by atoms with Gasteiger partial charge in [0.2, 0.25) is 0 Å². The van der Waals surface area contributed by atoms with E-state index in [1.54, 1.807) is 38.5 Å². The lowest BCUT2D eigenvalue weighted by Crippen LogP contribution is -2.53. The second kappa shape index (κ2) is 10.4. The topological polar surface area (TPSA) is 9.23 Å². The minimum atomic E-state index is -1.61. The molecule has 0 amide bonds. The third-order valence-electron chi connectivity index (χ3n) is 13.2. The first-order valence-corrected chi connectivity index (χ1v) is 18.8. The van der Waals surface area contributed by atoms with E-state index in [9.17, 15) is 0 Å². The Labute approximate surface area is 221 Å². The molecular formula is C33H62OSi. The molecule has 2 heteroatoms. The monoisotopic (exact) mass is 502 g/mol. The van der Waals surface area contributed by atoms with Gasteiger partial charge in [-0.1, -0.05) is 74.1 Å². The summed E-state index contributed by atoms with van der Waals surface area (Å²) in [4.78, 5) is 0. The molecule has 0 aromatic heterocycles. The van der Waals surface area contributed by atoms with E-state index in [0.717, 1.165) is 42.1 Å². The van der Waals surface area contributed by atoms with Crippen LogP contribution in [0.5, 0.6) is 0 Å². The maximum Gasteiger partial charge on any atom is 0.191 e. The average Bonchev–Trinajstić information content (AvgIpc) is 3.14. The predicted octanol–water partition coefficient (Wildman–Crippen LogP) is 10.5. The summed E-state index contributed by atoms with van der Waals surface area (Å²) in [6.45, 7) is 23.4. The van der Waals surface area contributed by atoms with Gasteiger partial charge in [0.05, 0.1) is 0 Å². The van der Waals surface area contributed by atoms with Crippen LogP contribution in [0.3, 0.4) is 0 Å². The molecule has 4 aliphatic rings. The molecule has 35 heavy (non-hydrogen) atoms. The molecule has 2 unspecified atom stereocenters. The van der Waals surface area contributed by atoms with Gasteiger partial charge in [-0.25, -0.2) is 0 Å². The molecule has 9 atom stereocenters. The minimum Gasteiger partial charge on any atom is -0.417 e. The molecule has 4 aliphatic carbocycles. The summed E-state index contributed by atoms with van der Waals surface area (Å²) < 4.78 is 6.53. The standard InChI is InChI=1S/C33H62OSi/c1-24(23-34-35(8,9)31(3,4)5)13-12-14-25(2)28-18-19-29-27-17-16-26-15-10-11-21-32(26,6)30(27)20-22-33(28,29)7/h24-30H,10-23H2,1-9H3/t24?,25-,26?,27+,28-,29+,30+,32+,33-/m1/s1. The Morgan fingerprint density at radius 3 is 2.26 bits per heavy atom. The van der Waals surface area contributed by atoms with Crippen LogP contribution in [-0.4, -0.2) is 14.9 Å². The lowest BCUT2D eigenvalue weighted by atomic mass is 9.44. The van der Waals surface area contributed by atoms with Crippen LogP contribution in [-0.2, 0) is 4.43 Å². The molecule has 204 valence electrons. The van der Waals surface area contributed by atoms with Gasteiger partial charge < -0.3 is 4.43 Å². The van der Waals surface area contributed by atoms with Gasteiger partial charge in [0, 0.05) is 6.61 Å². The highest BCUT2D eigenvalue weighted by atomic mass is 28.4. The zero-order valence-corrected chi connectivity index (χ0v) is 26.3. The molecule has 0 bridgehead atoms. The molecule has 0 N–H and O–H groups in total. The Bertz CT molecular complexity index is 708. The van der Waals surface area contributed by atoms with E-state index < -0.39 is 8.32 Å². The molecule has 4 saturated carbocycles. The van der Waals surface area contributed by atoms with Crippen LogP contribution in [0.25, 0.3) is 0 Å². The highest BCUT2D eigenvalue weighted by Crippen LogP contribution is 2.68. The Kier molecular flexibility index (Phi) is 8.37. The fourth-order valence-corrected chi connectivity index (χ4v) is 11.0. The summed E-state index contributed by atoms with van der Waals surface area (Å²) in [6.07, 6.45) is 19.6. The molecule has 0 saturated heterocycles. The molecule has 0 spiro atoms. The van der Waals surface area contributed by atoms with Crippen LogP contribution >= 0.6 is 0 Å². The van der Waals surface area contributed by atoms with Gasteiger partial charge in [-0.2, -0.15) is 0 Å². The zero-order chi connectivity index (χ0) is 25.6. The number of hydrogen-bond donors (Lipinski definition) is 0. The van der Waals surface area contributed by atoms with Crippen molar-refractivity contribution in [1.82, 2.24) is 0 Å². The van der Waals surface area contributed by atoms with Crippen molar-refractivity contribution in [1.29, 1.82) is 0 Å². The fraction of sp³-hybridized carbons (Fsp3) is 1.00. The maximum absolute atomic E-state index is 6.53. The van der Waals surface area contributed by atoms with E-state index in [4.69, 9.17) is 4.43 Å². The van der Waals surface area contributed by atoms with Crippen molar-refractivity contribution in [2.75, 3.05) is 6.61 Å². The Morgan fingerprint density at radius 2 is 1.54 bits per heavy atom. The molecule has 0 radical (unpaired) electrons. The first kappa shape index (κ1) is 28.2. The van der Waals surface area contributed by atoms with Crippen molar-refractivity contribution in [3.63, 3.8) is 0 Å². The molecule has 4 rings (SSSR count). The number of hydrogen-bond acceptors (Lipinski definition) is 1. The van der Waals surface area contributed by atoms with Crippen LogP contribution in [0, 0.1) is 52.3 Å². The zero-order valence-electron chi connectivity index (χ0n) is 25.3. The van der Waals surface area contributed by atoms with Gasteiger partial charge in [0.15, 0.2) is 8.32 Å². The van der Waals surface area contributed by atoms with Crippen LogP contribution in [0.15, 0.2) is 0 Å². The number of fused-ring (bicyclic) bond motifs is 5. The summed E-state index contributed by atoms with van der Waals surface area (Å²) in [5.74, 6) is 6.77. The van der Waals surface area contributed by atoms with E-state index >= 15 is 0 Å². The molecule has 1 nitrogen and oxygen atoms in total. The maximum atomic E-state index is 6.53. The van der Waals surface area contributed by atoms with E-state index in [0.29, 0.717) is 21.8 Å².